The normalized spacial score (nSPS) is 10.7. The van der Waals surface area contributed by atoms with Crippen molar-refractivity contribution in [3.63, 3.8) is 0 Å². The lowest BCUT2D eigenvalue weighted by Gasteiger charge is -2.11. The fraction of sp³-hybridized carbons (Fsp3) is 0.143. The zero-order valence-electron chi connectivity index (χ0n) is 18.0. The molecule has 4 rings (SSSR count). The van der Waals surface area contributed by atoms with Crippen LogP contribution in [0.1, 0.15) is 22.3 Å². The van der Waals surface area contributed by atoms with E-state index in [0.717, 1.165) is 22.9 Å². The van der Waals surface area contributed by atoms with E-state index in [9.17, 15) is 0 Å². The molecule has 0 aliphatic carbocycles. The molecule has 0 aliphatic heterocycles. The van der Waals surface area contributed by atoms with Crippen LogP contribution < -0.4 is 10.1 Å². The number of hydrogen-bond donors (Lipinski definition) is 1. The highest BCUT2D eigenvalue weighted by molar-refractivity contribution is 5.69. The van der Waals surface area contributed by atoms with Crippen molar-refractivity contribution in [2.45, 2.75) is 27.7 Å². The van der Waals surface area contributed by atoms with Crippen molar-refractivity contribution in [2.24, 2.45) is 0 Å². The molecule has 4 aromatic carbocycles. The number of ether oxygens (including phenoxy) is 1. The number of benzene rings is 4. The van der Waals surface area contributed by atoms with Crippen LogP contribution in [0.25, 0.3) is 11.1 Å². The van der Waals surface area contributed by atoms with E-state index in [2.05, 4.69) is 99.7 Å². The Balaban J connectivity index is 1.44. The molecule has 0 spiro atoms. The van der Waals surface area contributed by atoms with E-state index in [1.165, 1.54) is 33.4 Å². The highest BCUT2D eigenvalue weighted by Crippen LogP contribution is 2.28. The lowest BCUT2D eigenvalue weighted by molar-refractivity contribution is 0.482. The molecule has 0 atom stereocenters. The SMILES string of the molecule is Cc1ccc(Nc2ccc(-c3ccc(Oc4ccc(C)c(C)c4)cc3)cc2)cc1C. The Hall–Kier alpha value is -3.52. The molecule has 4 aromatic rings. The highest BCUT2D eigenvalue weighted by atomic mass is 16.5. The van der Waals surface area contributed by atoms with Gasteiger partial charge in [0.25, 0.3) is 0 Å². The van der Waals surface area contributed by atoms with Gasteiger partial charge in [-0.05, 0) is 110 Å². The van der Waals surface area contributed by atoms with Crippen LogP contribution in [0.4, 0.5) is 11.4 Å². The minimum Gasteiger partial charge on any atom is -0.457 e. The van der Waals surface area contributed by atoms with Gasteiger partial charge in [0.05, 0.1) is 0 Å². The summed E-state index contributed by atoms with van der Waals surface area (Å²) in [6.07, 6.45) is 0. The summed E-state index contributed by atoms with van der Waals surface area (Å²) in [5.41, 5.74) is 9.64. The first-order chi connectivity index (χ1) is 14.5. The highest BCUT2D eigenvalue weighted by Gasteiger charge is 2.03. The summed E-state index contributed by atoms with van der Waals surface area (Å²) in [5, 5.41) is 3.48. The number of hydrogen-bond acceptors (Lipinski definition) is 2. The number of anilines is 2. The van der Waals surface area contributed by atoms with Crippen LogP contribution in [0.2, 0.25) is 0 Å². The summed E-state index contributed by atoms with van der Waals surface area (Å²) in [7, 11) is 0. The van der Waals surface area contributed by atoms with Gasteiger partial charge in [0, 0.05) is 11.4 Å². The second-order valence-corrected chi connectivity index (χ2v) is 7.87. The van der Waals surface area contributed by atoms with Crippen molar-refractivity contribution >= 4 is 11.4 Å². The van der Waals surface area contributed by atoms with Crippen LogP contribution in [0.5, 0.6) is 11.5 Å². The van der Waals surface area contributed by atoms with E-state index >= 15 is 0 Å². The summed E-state index contributed by atoms with van der Waals surface area (Å²) >= 11 is 0. The maximum absolute atomic E-state index is 6.00. The van der Waals surface area contributed by atoms with Gasteiger partial charge in [-0.25, -0.2) is 0 Å². The zero-order chi connectivity index (χ0) is 21.1. The van der Waals surface area contributed by atoms with E-state index in [1.54, 1.807) is 0 Å². The fourth-order valence-corrected chi connectivity index (χ4v) is 3.36. The first-order valence-corrected chi connectivity index (χ1v) is 10.3. The van der Waals surface area contributed by atoms with E-state index in [4.69, 9.17) is 4.74 Å². The van der Waals surface area contributed by atoms with Crippen molar-refractivity contribution in [1.29, 1.82) is 0 Å². The van der Waals surface area contributed by atoms with Crippen LogP contribution in [0, 0.1) is 27.7 Å². The molecule has 0 saturated heterocycles. The molecule has 0 amide bonds. The van der Waals surface area contributed by atoms with Crippen molar-refractivity contribution < 1.29 is 4.74 Å². The lowest BCUT2D eigenvalue weighted by Crippen LogP contribution is -1.92. The molecule has 0 aliphatic rings. The van der Waals surface area contributed by atoms with E-state index in [1.807, 2.05) is 18.2 Å². The van der Waals surface area contributed by atoms with Crippen molar-refractivity contribution in [3.05, 3.63) is 107 Å². The Labute approximate surface area is 179 Å². The summed E-state index contributed by atoms with van der Waals surface area (Å²) in [6, 6.07) is 29.4. The lowest BCUT2D eigenvalue weighted by atomic mass is 10.0. The smallest absolute Gasteiger partial charge is 0.127 e. The summed E-state index contributed by atoms with van der Waals surface area (Å²) < 4.78 is 6.00. The fourth-order valence-electron chi connectivity index (χ4n) is 3.36. The van der Waals surface area contributed by atoms with Crippen LogP contribution in [-0.4, -0.2) is 0 Å². The molecular weight excluding hydrogens is 366 g/mol. The van der Waals surface area contributed by atoms with Crippen molar-refractivity contribution in [3.8, 4) is 22.6 Å². The minimum absolute atomic E-state index is 0.843. The summed E-state index contributed by atoms with van der Waals surface area (Å²) in [5.74, 6) is 1.71. The molecule has 150 valence electrons. The van der Waals surface area contributed by atoms with Gasteiger partial charge in [-0.1, -0.05) is 36.4 Å². The van der Waals surface area contributed by atoms with Crippen molar-refractivity contribution in [2.75, 3.05) is 5.32 Å². The molecule has 0 radical (unpaired) electrons. The molecule has 1 N–H and O–H groups in total. The maximum Gasteiger partial charge on any atom is 0.127 e. The second kappa shape index (κ2) is 8.46. The van der Waals surface area contributed by atoms with E-state index in [-0.39, 0.29) is 0 Å². The Bertz CT molecular complexity index is 1060. The van der Waals surface area contributed by atoms with Gasteiger partial charge in [0.2, 0.25) is 0 Å². The molecule has 0 bridgehead atoms. The molecule has 30 heavy (non-hydrogen) atoms. The Morgan fingerprint density at radius 2 is 0.967 bits per heavy atom. The first-order valence-electron chi connectivity index (χ1n) is 10.3. The largest absolute Gasteiger partial charge is 0.457 e. The number of nitrogens with one attached hydrogen (secondary N) is 1. The first kappa shape index (κ1) is 19.8. The Kier molecular flexibility index (Phi) is 5.58. The van der Waals surface area contributed by atoms with E-state index < -0.39 is 0 Å². The molecule has 0 saturated carbocycles. The van der Waals surface area contributed by atoms with Gasteiger partial charge in [-0.15, -0.1) is 0 Å². The van der Waals surface area contributed by atoms with Gasteiger partial charge < -0.3 is 10.1 Å². The third kappa shape index (κ3) is 4.55. The molecule has 0 unspecified atom stereocenters. The average Bonchev–Trinajstić information content (AvgIpc) is 2.75. The standard InChI is InChI=1S/C28H27NO/c1-19-5-11-26(17-21(19)3)29-25-12-7-23(8-13-25)24-9-15-27(16-10-24)30-28-14-6-20(2)22(4)18-28/h5-18,29H,1-4H3. The average molecular weight is 394 g/mol. The molecule has 0 aromatic heterocycles. The third-order valence-corrected chi connectivity index (χ3v) is 5.58. The van der Waals surface area contributed by atoms with Gasteiger partial charge in [0.1, 0.15) is 11.5 Å². The molecule has 2 nitrogen and oxygen atoms in total. The third-order valence-electron chi connectivity index (χ3n) is 5.58. The quantitative estimate of drug-likeness (QED) is 0.369. The van der Waals surface area contributed by atoms with Crippen molar-refractivity contribution in [1.82, 2.24) is 0 Å². The van der Waals surface area contributed by atoms with Gasteiger partial charge in [-0.2, -0.15) is 0 Å². The predicted molar refractivity (Wildman–Crippen MR) is 127 cm³/mol. The van der Waals surface area contributed by atoms with Gasteiger partial charge in [0.15, 0.2) is 0 Å². The van der Waals surface area contributed by atoms with Crippen LogP contribution in [-0.2, 0) is 0 Å². The summed E-state index contributed by atoms with van der Waals surface area (Å²) in [6.45, 7) is 8.48. The molecule has 2 heteroatoms. The number of rotatable bonds is 5. The number of aryl methyl sites for hydroxylation is 4. The van der Waals surface area contributed by atoms with Crippen LogP contribution in [0.15, 0.2) is 84.9 Å². The molecular formula is C28H27NO. The maximum atomic E-state index is 6.00. The van der Waals surface area contributed by atoms with Crippen LogP contribution >= 0.6 is 0 Å². The van der Waals surface area contributed by atoms with E-state index in [0.29, 0.717) is 0 Å². The van der Waals surface area contributed by atoms with Gasteiger partial charge in [-0.3, -0.25) is 0 Å². The Morgan fingerprint density at radius 3 is 1.57 bits per heavy atom. The molecule has 0 fully saturated rings. The minimum atomic E-state index is 0.843. The topological polar surface area (TPSA) is 21.3 Å². The summed E-state index contributed by atoms with van der Waals surface area (Å²) in [4.78, 5) is 0. The molecule has 0 heterocycles. The predicted octanol–water partition coefficient (Wildman–Crippen LogP) is 8.12. The Morgan fingerprint density at radius 1 is 0.467 bits per heavy atom. The zero-order valence-corrected chi connectivity index (χ0v) is 18.0. The van der Waals surface area contributed by atoms with Crippen LogP contribution in [0.3, 0.4) is 0 Å². The van der Waals surface area contributed by atoms with Gasteiger partial charge >= 0.3 is 0 Å². The monoisotopic (exact) mass is 393 g/mol. The second-order valence-electron chi connectivity index (χ2n) is 7.87.